The number of nitrogens with two attached hydrogens (primary N) is 1. The van der Waals surface area contributed by atoms with Crippen molar-refractivity contribution in [2.45, 2.75) is 0 Å². The van der Waals surface area contributed by atoms with Crippen molar-refractivity contribution in [2.75, 3.05) is 6.54 Å². The first-order valence-electron chi connectivity index (χ1n) is 5.39. The third kappa shape index (κ3) is 4.35. The van der Waals surface area contributed by atoms with Crippen LogP contribution in [0.4, 0.5) is 5.69 Å². The molecule has 0 radical (unpaired) electrons. The van der Waals surface area contributed by atoms with Crippen LogP contribution in [0.2, 0.25) is 5.02 Å². The Morgan fingerprint density at radius 1 is 1.32 bits per heavy atom. The molecule has 0 aliphatic heterocycles. The van der Waals surface area contributed by atoms with Gasteiger partial charge in [-0.3, -0.25) is 4.79 Å². The Balaban J connectivity index is 0.00000180. The number of halogens is 1. The van der Waals surface area contributed by atoms with Gasteiger partial charge >= 0.3 is 19.8 Å². The molecule has 1 amide bonds. The van der Waals surface area contributed by atoms with Crippen LogP contribution < -0.4 is 5.73 Å². The van der Waals surface area contributed by atoms with Crippen molar-refractivity contribution in [3.63, 3.8) is 0 Å². The minimum atomic E-state index is -0.465. The minimum absolute atomic E-state index is 0. The molecule has 0 unspecified atom stereocenters. The third-order valence-electron chi connectivity index (χ3n) is 2.36. The number of primary amides is 1. The van der Waals surface area contributed by atoms with Gasteiger partial charge in [-0.25, -0.2) is 0 Å². The second-order valence-corrected chi connectivity index (χ2v) is 4.16. The average Bonchev–Trinajstić information content (AvgIpc) is 2.38. The monoisotopic (exact) mass is 450 g/mol. The number of amides is 1. The van der Waals surface area contributed by atoms with Crippen LogP contribution in [0.15, 0.2) is 42.5 Å². The summed E-state index contributed by atoms with van der Waals surface area (Å²) in [5.41, 5.74) is 7.49. The molecular formula is C14H11ClN2OOs. The summed E-state index contributed by atoms with van der Waals surface area (Å²) in [6.45, 7) is -0.0402. The van der Waals surface area contributed by atoms with Crippen LogP contribution in [0.3, 0.4) is 0 Å². The zero-order valence-electron chi connectivity index (χ0n) is 9.91. The van der Waals surface area contributed by atoms with Gasteiger partial charge in [0.1, 0.15) is 0 Å². The Labute approximate surface area is 130 Å². The van der Waals surface area contributed by atoms with E-state index in [4.69, 9.17) is 17.3 Å². The summed E-state index contributed by atoms with van der Waals surface area (Å²) >= 11 is 5.98. The Morgan fingerprint density at radius 3 is 2.74 bits per heavy atom. The summed E-state index contributed by atoms with van der Waals surface area (Å²) in [6.07, 6.45) is 0. The zero-order valence-corrected chi connectivity index (χ0v) is 13.2. The quantitative estimate of drug-likeness (QED) is 0.717. The molecule has 0 bridgehead atoms. The maximum Gasteiger partial charge on any atom is 2.00 e. The van der Waals surface area contributed by atoms with E-state index in [0.717, 1.165) is 11.1 Å². The SMILES string of the molecule is NC(=O)C[N-]c1ccc(Cl)cc1-c1[c-]cccc1.[Os+2]. The van der Waals surface area contributed by atoms with Crippen LogP contribution in [0.1, 0.15) is 0 Å². The number of carbonyl (C=O) groups is 1. The maximum absolute atomic E-state index is 10.8. The zero-order chi connectivity index (χ0) is 13.0. The fourth-order valence-electron chi connectivity index (χ4n) is 1.59. The van der Waals surface area contributed by atoms with E-state index in [1.54, 1.807) is 18.2 Å². The molecule has 5 heteroatoms. The van der Waals surface area contributed by atoms with E-state index in [0.29, 0.717) is 10.7 Å². The molecule has 2 aromatic carbocycles. The van der Waals surface area contributed by atoms with Crippen LogP contribution in [0, 0.1) is 6.07 Å². The molecule has 2 aromatic rings. The topological polar surface area (TPSA) is 57.2 Å². The first kappa shape index (κ1) is 15.7. The first-order valence-corrected chi connectivity index (χ1v) is 5.77. The summed E-state index contributed by atoms with van der Waals surface area (Å²) in [6, 6.07) is 15.9. The average molecular weight is 449 g/mol. The second kappa shape index (κ2) is 7.28. The molecule has 0 aromatic heterocycles. The van der Waals surface area contributed by atoms with Gasteiger partial charge in [0, 0.05) is 5.02 Å². The molecule has 3 nitrogen and oxygen atoms in total. The molecule has 0 saturated carbocycles. The molecular weight excluding hydrogens is 438 g/mol. The van der Waals surface area contributed by atoms with E-state index in [9.17, 15) is 4.79 Å². The van der Waals surface area contributed by atoms with Gasteiger partial charge in [-0.05, 0) is 6.07 Å². The second-order valence-electron chi connectivity index (χ2n) is 3.72. The van der Waals surface area contributed by atoms with E-state index in [2.05, 4.69) is 11.4 Å². The van der Waals surface area contributed by atoms with Gasteiger partial charge in [0.05, 0.1) is 0 Å². The standard InChI is InChI=1S/C14H11ClN2O.Os/c15-11-6-7-13(17-9-14(16)18)12(8-11)10-4-2-1-3-5-10;/h1-4,6-8H,9H2,(H2,16,18);/q-2;+2. The van der Waals surface area contributed by atoms with Crippen molar-refractivity contribution in [3.8, 4) is 11.1 Å². The molecule has 0 fully saturated rings. The molecule has 0 atom stereocenters. The number of carbonyl (C=O) groups excluding carboxylic acids is 1. The summed E-state index contributed by atoms with van der Waals surface area (Å²) in [7, 11) is 0. The van der Waals surface area contributed by atoms with Gasteiger partial charge in [-0.15, -0.1) is 41.5 Å². The normalized spacial score (nSPS) is 9.53. The van der Waals surface area contributed by atoms with Crippen molar-refractivity contribution < 1.29 is 24.6 Å². The summed E-state index contributed by atoms with van der Waals surface area (Å²) < 4.78 is 0. The predicted octanol–water partition coefficient (Wildman–Crippen LogP) is 3.30. The molecule has 0 aliphatic carbocycles. The van der Waals surface area contributed by atoms with Gasteiger partial charge in [-0.1, -0.05) is 30.3 Å². The number of rotatable bonds is 4. The van der Waals surface area contributed by atoms with Gasteiger partial charge in [0.15, 0.2) is 5.91 Å². The van der Waals surface area contributed by atoms with Crippen LogP contribution in [-0.4, -0.2) is 12.5 Å². The fourth-order valence-corrected chi connectivity index (χ4v) is 1.76. The van der Waals surface area contributed by atoms with E-state index >= 15 is 0 Å². The van der Waals surface area contributed by atoms with E-state index in [1.165, 1.54) is 0 Å². The fraction of sp³-hybridized carbons (Fsp3) is 0.0714. The Bertz CT molecular complexity index is 561. The van der Waals surface area contributed by atoms with Crippen molar-refractivity contribution in [1.29, 1.82) is 0 Å². The molecule has 0 heterocycles. The van der Waals surface area contributed by atoms with Crippen molar-refractivity contribution >= 4 is 23.2 Å². The van der Waals surface area contributed by atoms with Gasteiger partial charge in [0.25, 0.3) is 0 Å². The molecule has 0 aliphatic rings. The molecule has 0 saturated heterocycles. The molecule has 98 valence electrons. The smallest absolute Gasteiger partial charge is 0.684 e. The van der Waals surface area contributed by atoms with Crippen molar-refractivity contribution in [3.05, 3.63) is 58.9 Å². The van der Waals surface area contributed by atoms with E-state index < -0.39 is 5.91 Å². The van der Waals surface area contributed by atoms with Crippen molar-refractivity contribution in [2.24, 2.45) is 5.73 Å². The van der Waals surface area contributed by atoms with Crippen molar-refractivity contribution in [1.82, 2.24) is 0 Å². The first-order chi connectivity index (χ1) is 8.66. The summed E-state index contributed by atoms with van der Waals surface area (Å²) in [5.74, 6) is -0.465. The van der Waals surface area contributed by atoms with Crippen LogP contribution in [0.25, 0.3) is 16.4 Å². The van der Waals surface area contributed by atoms with Gasteiger partial charge in [0.2, 0.25) is 0 Å². The minimum Gasteiger partial charge on any atom is -0.684 e. The molecule has 2 rings (SSSR count). The maximum atomic E-state index is 10.8. The number of hydrogen-bond acceptors (Lipinski definition) is 1. The van der Waals surface area contributed by atoms with Gasteiger partial charge < -0.3 is 11.1 Å². The van der Waals surface area contributed by atoms with Crippen LogP contribution >= 0.6 is 11.6 Å². The third-order valence-corrected chi connectivity index (χ3v) is 2.60. The molecule has 0 spiro atoms. The Morgan fingerprint density at radius 2 is 2.11 bits per heavy atom. The van der Waals surface area contributed by atoms with Gasteiger partial charge in [-0.2, -0.15) is 5.69 Å². The number of hydrogen-bond donors (Lipinski definition) is 1. The summed E-state index contributed by atoms with van der Waals surface area (Å²) in [4.78, 5) is 10.8. The van der Waals surface area contributed by atoms with E-state index in [-0.39, 0.29) is 26.3 Å². The largest absolute Gasteiger partial charge is 2.00 e. The number of nitrogens with zero attached hydrogens (tertiary/aromatic N) is 1. The summed E-state index contributed by atoms with van der Waals surface area (Å²) in [5, 5.41) is 4.78. The Kier molecular flexibility index (Phi) is 6.01. The Hall–Kier alpha value is -1.36. The number of benzene rings is 2. The van der Waals surface area contributed by atoms with Crippen LogP contribution in [-0.2, 0) is 24.6 Å². The molecule has 2 N–H and O–H groups in total. The predicted molar refractivity (Wildman–Crippen MR) is 72.8 cm³/mol. The van der Waals surface area contributed by atoms with Crippen LogP contribution in [0.5, 0.6) is 0 Å². The molecule has 19 heavy (non-hydrogen) atoms. The van der Waals surface area contributed by atoms with E-state index in [1.807, 2.05) is 24.3 Å².